The van der Waals surface area contributed by atoms with Crippen LogP contribution in [-0.2, 0) is 14.8 Å². The van der Waals surface area contributed by atoms with Gasteiger partial charge >= 0.3 is 0 Å². The Labute approximate surface area is 149 Å². The number of likely N-dealkylation sites (tertiary alicyclic amines) is 1. The lowest BCUT2D eigenvalue weighted by atomic mass is 10.1. The molecule has 0 unspecified atom stereocenters. The lowest BCUT2D eigenvalue weighted by Crippen LogP contribution is -2.47. The Bertz CT molecular complexity index is 652. The van der Waals surface area contributed by atoms with Crippen molar-refractivity contribution in [2.75, 3.05) is 32.1 Å². The van der Waals surface area contributed by atoms with Crippen LogP contribution in [0.3, 0.4) is 0 Å². The van der Waals surface area contributed by atoms with Gasteiger partial charge < -0.3 is 14.4 Å². The van der Waals surface area contributed by atoms with Crippen molar-refractivity contribution in [3.8, 4) is 11.5 Å². The molecule has 1 heterocycles. The summed E-state index contributed by atoms with van der Waals surface area (Å²) in [5, 5.41) is 0. The number of hydrogen-bond donors (Lipinski definition) is 1. The Balaban J connectivity index is 1.75. The molecule has 8 heteroatoms. The predicted molar refractivity (Wildman–Crippen MR) is 95.3 cm³/mol. The maximum atomic E-state index is 12.2. The number of carbonyl (C=O) groups is 1. The summed E-state index contributed by atoms with van der Waals surface area (Å²) in [6.45, 7) is 5.16. The summed E-state index contributed by atoms with van der Waals surface area (Å²) in [4.78, 5) is 13.9. The minimum atomic E-state index is -3.20. The van der Waals surface area contributed by atoms with Crippen molar-refractivity contribution >= 4 is 15.9 Å². The number of benzene rings is 1. The monoisotopic (exact) mass is 370 g/mol. The molecule has 140 valence electrons. The van der Waals surface area contributed by atoms with Crippen LogP contribution in [0.4, 0.5) is 0 Å². The number of nitrogens with one attached hydrogen (secondary N) is 1. The standard InChI is InChI=1S/C17H26N2O5S/c1-3-23-15-5-7-16(8-6-15)24-13-17(20)19-11-9-14(10-12-19)18-25(21,22)4-2/h5-8,14,18H,3-4,9-13H2,1-2H3. The highest BCUT2D eigenvalue weighted by atomic mass is 32.2. The summed E-state index contributed by atoms with van der Waals surface area (Å²) in [6.07, 6.45) is 1.24. The minimum Gasteiger partial charge on any atom is -0.494 e. The number of carbonyl (C=O) groups excluding carboxylic acids is 1. The van der Waals surface area contributed by atoms with E-state index in [0.717, 1.165) is 5.75 Å². The van der Waals surface area contributed by atoms with Gasteiger partial charge in [-0.05, 0) is 51.0 Å². The van der Waals surface area contributed by atoms with E-state index in [2.05, 4.69) is 4.72 Å². The number of nitrogens with zero attached hydrogens (tertiary/aromatic N) is 1. The molecule has 2 rings (SSSR count). The first-order chi connectivity index (χ1) is 11.9. The normalized spacial score (nSPS) is 15.8. The molecule has 1 saturated heterocycles. The Morgan fingerprint density at radius 3 is 2.20 bits per heavy atom. The molecule has 0 bridgehead atoms. The van der Waals surface area contributed by atoms with E-state index in [1.807, 2.05) is 6.92 Å². The molecular formula is C17H26N2O5S. The summed E-state index contributed by atoms with van der Waals surface area (Å²) in [6, 6.07) is 7.04. The summed E-state index contributed by atoms with van der Waals surface area (Å²) >= 11 is 0. The van der Waals surface area contributed by atoms with Crippen molar-refractivity contribution in [2.24, 2.45) is 0 Å². The smallest absolute Gasteiger partial charge is 0.260 e. The van der Waals surface area contributed by atoms with E-state index in [-0.39, 0.29) is 24.3 Å². The molecule has 1 aliphatic heterocycles. The molecule has 0 atom stereocenters. The Hall–Kier alpha value is -1.80. The number of hydrogen-bond acceptors (Lipinski definition) is 5. The van der Waals surface area contributed by atoms with Gasteiger partial charge in [-0.25, -0.2) is 13.1 Å². The number of rotatable bonds is 8. The molecule has 0 aromatic heterocycles. The molecule has 1 aromatic carbocycles. The van der Waals surface area contributed by atoms with Crippen molar-refractivity contribution in [3.63, 3.8) is 0 Å². The number of sulfonamides is 1. The second kappa shape index (κ2) is 9.05. The molecule has 25 heavy (non-hydrogen) atoms. The van der Waals surface area contributed by atoms with Crippen LogP contribution in [0.1, 0.15) is 26.7 Å². The average molecular weight is 370 g/mol. The maximum Gasteiger partial charge on any atom is 0.260 e. The molecule has 0 saturated carbocycles. The molecule has 1 amide bonds. The number of piperidine rings is 1. The zero-order valence-corrected chi connectivity index (χ0v) is 15.5. The minimum absolute atomic E-state index is 0.0284. The largest absolute Gasteiger partial charge is 0.494 e. The van der Waals surface area contributed by atoms with Crippen LogP contribution in [-0.4, -0.2) is 57.3 Å². The molecule has 1 aromatic rings. The molecule has 0 radical (unpaired) electrons. The lowest BCUT2D eigenvalue weighted by Gasteiger charge is -2.32. The van der Waals surface area contributed by atoms with Crippen molar-refractivity contribution < 1.29 is 22.7 Å². The fraction of sp³-hybridized carbons (Fsp3) is 0.588. The fourth-order valence-electron chi connectivity index (χ4n) is 2.62. The predicted octanol–water partition coefficient (Wildman–Crippen LogP) is 1.39. The number of amides is 1. The van der Waals surface area contributed by atoms with E-state index >= 15 is 0 Å². The van der Waals surface area contributed by atoms with Crippen LogP contribution in [0.25, 0.3) is 0 Å². The first-order valence-electron chi connectivity index (χ1n) is 8.57. The van der Waals surface area contributed by atoms with Crippen LogP contribution in [0.15, 0.2) is 24.3 Å². The van der Waals surface area contributed by atoms with E-state index in [1.54, 1.807) is 36.1 Å². The van der Waals surface area contributed by atoms with Gasteiger partial charge in [-0.3, -0.25) is 4.79 Å². The zero-order valence-electron chi connectivity index (χ0n) is 14.7. The van der Waals surface area contributed by atoms with Crippen LogP contribution >= 0.6 is 0 Å². The zero-order chi connectivity index (χ0) is 18.3. The van der Waals surface area contributed by atoms with Crippen LogP contribution in [0.2, 0.25) is 0 Å². The van der Waals surface area contributed by atoms with Crippen LogP contribution < -0.4 is 14.2 Å². The molecule has 1 aliphatic rings. The molecule has 0 aliphatic carbocycles. The van der Waals surface area contributed by atoms with Gasteiger partial charge in [0, 0.05) is 19.1 Å². The molecule has 0 spiro atoms. The SMILES string of the molecule is CCOc1ccc(OCC(=O)N2CCC(NS(=O)(=O)CC)CC2)cc1. The van der Waals surface area contributed by atoms with Crippen LogP contribution in [0.5, 0.6) is 11.5 Å². The summed E-state index contributed by atoms with van der Waals surface area (Å²) < 4.78 is 36.7. The van der Waals surface area contributed by atoms with Gasteiger partial charge in [0.05, 0.1) is 12.4 Å². The van der Waals surface area contributed by atoms with Gasteiger partial charge in [-0.2, -0.15) is 0 Å². The maximum absolute atomic E-state index is 12.2. The lowest BCUT2D eigenvalue weighted by molar-refractivity contribution is -0.134. The van der Waals surface area contributed by atoms with Crippen molar-refractivity contribution in [3.05, 3.63) is 24.3 Å². The van der Waals surface area contributed by atoms with E-state index in [0.29, 0.717) is 38.3 Å². The molecule has 1 N–H and O–H groups in total. The summed E-state index contributed by atoms with van der Waals surface area (Å²) in [7, 11) is -3.20. The van der Waals surface area contributed by atoms with Crippen LogP contribution in [0, 0.1) is 0 Å². The first kappa shape index (κ1) is 19.5. The van der Waals surface area contributed by atoms with Gasteiger partial charge in [0.1, 0.15) is 11.5 Å². The van der Waals surface area contributed by atoms with Crippen molar-refractivity contribution in [1.29, 1.82) is 0 Å². The topological polar surface area (TPSA) is 84.9 Å². The van der Waals surface area contributed by atoms with Crippen molar-refractivity contribution in [2.45, 2.75) is 32.7 Å². The second-order valence-corrected chi connectivity index (χ2v) is 7.91. The summed E-state index contributed by atoms with van der Waals surface area (Å²) in [5.41, 5.74) is 0. The van der Waals surface area contributed by atoms with E-state index in [4.69, 9.17) is 9.47 Å². The quantitative estimate of drug-likeness (QED) is 0.748. The molecular weight excluding hydrogens is 344 g/mol. The molecule has 7 nitrogen and oxygen atoms in total. The highest BCUT2D eigenvalue weighted by Crippen LogP contribution is 2.18. The fourth-order valence-corrected chi connectivity index (χ4v) is 3.53. The van der Waals surface area contributed by atoms with Gasteiger partial charge in [0.25, 0.3) is 5.91 Å². The molecule has 1 fully saturated rings. The van der Waals surface area contributed by atoms with E-state index < -0.39 is 10.0 Å². The second-order valence-electron chi connectivity index (χ2n) is 5.87. The highest BCUT2D eigenvalue weighted by Gasteiger charge is 2.25. The van der Waals surface area contributed by atoms with Gasteiger partial charge in [0.15, 0.2) is 6.61 Å². The summed E-state index contributed by atoms with van der Waals surface area (Å²) in [5.74, 6) is 1.35. The third-order valence-electron chi connectivity index (χ3n) is 4.07. The third-order valence-corrected chi connectivity index (χ3v) is 5.52. The Morgan fingerprint density at radius 1 is 1.12 bits per heavy atom. The van der Waals surface area contributed by atoms with Gasteiger partial charge in [-0.15, -0.1) is 0 Å². The average Bonchev–Trinajstić information content (AvgIpc) is 2.61. The van der Waals surface area contributed by atoms with Crippen molar-refractivity contribution in [1.82, 2.24) is 9.62 Å². The Kier molecular flexibility index (Phi) is 7.07. The first-order valence-corrected chi connectivity index (χ1v) is 10.2. The third kappa shape index (κ3) is 6.21. The Morgan fingerprint density at radius 2 is 1.68 bits per heavy atom. The van der Waals surface area contributed by atoms with Gasteiger partial charge in [-0.1, -0.05) is 0 Å². The van der Waals surface area contributed by atoms with Gasteiger partial charge in [0.2, 0.25) is 10.0 Å². The highest BCUT2D eigenvalue weighted by molar-refractivity contribution is 7.89. The van der Waals surface area contributed by atoms with E-state index in [9.17, 15) is 13.2 Å². The number of ether oxygens (including phenoxy) is 2. The van der Waals surface area contributed by atoms with E-state index in [1.165, 1.54) is 0 Å².